The smallest absolute Gasteiger partial charge is 0.317 e. The van der Waals surface area contributed by atoms with Crippen LogP contribution >= 0.6 is 0 Å². The number of H-pyrrole nitrogens is 1. The molecule has 5 aliphatic rings. The fourth-order valence-electron chi connectivity index (χ4n) is 11.4. The second kappa shape index (κ2) is 18.3. The normalized spacial score (nSPS) is 22.0. The summed E-state index contributed by atoms with van der Waals surface area (Å²) in [5.74, 6) is 0.181. The Kier molecular flexibility index (Phi) is 12.4. The molecule has 2 aromatic carbocycles. The number of nitrogens with one attached hydrogen (secondary N) is 3. The van der Waals surface area contributed by atoms with Gasteiger partial charge in [-0.1, -0.05) is 52.0 Å². The number of aromatic nitrogens is 3. The number of aromatic amines is 1. The van der Waals surface area contributed by atoms with Crippen molar-refractivity contribution in [1.29, 1.82) is 0 Å². The number of rotatable bonds is 12. The largest absolute Gasteiger partial charge is 0.479 e. The molecule has 360 valence electrons. The zero-order chi connectivity index (χ0) is 47.4. The van der Waals surface area contributed by atoms with Crippen LogP contribution in [0.1, 0.15) is 119 Å². The summed E-state index contributed by atoms with van der Waals surface area (Å²) in [6, 6.07) is 19.2. The molecule has 1 spiro atoms. The Morgan fingerprint density at radius 3 is 2.57 bits per heavy atom. The number of carbonyl (C=O) groups is 1. The molecule has 2 atom stereocenters. The molecule has 68 heavy (non-hydrogen) atoms. The topological polar surface area (TPSA) is 194 Å². The van der Waals surface area contributed by atoms with E-state index in [4.69, 9.17) is 14.2 Å². The van der Waals surface area contributed by atoms with Crippen molar-refractivity contribution < 1.29 is 32.3 Å². The van der Waals surface area contributed by atoms with Crippen molar-refractivity contribution in [3.63, 3.8) is 0 Å². The Morgan fingerprint density at radius 2 is 1.81 bits per heavy atom. The SMILES string of the molecule is CC(C)c1ccccc1[C@H]1COCCN1C1CC2(CCN(c3ccc(C(=O)NS(=O)(=O)c4cc([N+](=O)[O-])c5c(n4)NC[C@H](CC4CCC(C)(C)CC4)O5)c(Oc4cnc5[nH]ccc5c4)c3)CC2)C1. The number of carbonyl (C=O) groups excluding carboxylic acids is 1. The minimum Gasteiger partial charge on any atom is -0.479 e. The third kappa shape index (κ3) is 9.36. The van der Waals surface area contributed by atoms with Crippen molar-refractivity contribution in [1.82, 2.24) is 24.6 Å². The first-order valence-corrected chi connectivity index (χ1v) is 25.7. The van der Waals surface area contributed by atoms with Gasteiger partial charge in [-0.2, -0.15) is 8.42 Å². The highest BCUT2D eigenvalue weighted by atomic mass is 32.2. The number of sulfonamides is 1. The minimum atomic E-state index is -4.74. The van der Waals surface area contributed by atoms with E-state index in [2.05, 4.69) is 86.8 Å². The summed E-state index contributed by atoms with van der Waals surface area (Å²) in [6.45, 7) is 13.4. The summed E-state index contributed by atoms with van der Waals surface area (Å²) in [6.07, 6.45) is 12.3. The highest BCUT2D eigenvalue weighted by molar-refractivity contribution is 7.90. The van der Waals surface area contributed by atoms with E-state index in [0.29, 0.717) is 47.8 Å². The van der Waals surface area contributed by atoms with Gasteiger partial charge in [0, 0.05) is 49.0 Å². The molecule has 4 fully saturated rings. The number of benzene rings is 2. The first-order valence-electron chi connectivity index (χ1n) is 24.2. The lowest BCUT2D eigenvalue weighted by atomic mass is 9.59. The lowest BCUT2D eigenvalue weighted by Gasteiger charge is -2.57. The highest BCUT2D eigenvalue weighted by Gasteiger charge is 2.50. The molecule has 3 N–H and O–H groups in total. The molecule has 17 heteroatoms. The molecule has 0 unspecified atom stereocenters. The van der Waals surface area contributed by atoms with Crippen LogP contribution in [0.3, 0.4) is 0 Å². The van der Waals surface area contributed by atoms with Gasteiger partial charge in [0.2, 0.25) is 5.75 Å². The number of amides is 1. The van der Waals surface area contributed by atoms with Gasteiger partial charge in [0.1, 0.15) is 23.3 Å². The summed E-state index contributed by atoms with van der Waals surface area (Å²) in [5.41, 5.74) is 4.21. The van der Waals surface area contributed by atoms with Crippen LogP contribution in [0.5, 0.6) is 17.2 Å². The number of anilines is 2. The summed E-state index contributed by atoms with van der Waals surface area (Å²) in [4.78, 5) is 42.6. The number of hydrogen-bond acceptors (Lipinski definition) is 13. The fourth-order valence-corrected chi connectivity index (χ4v) is 12.4. The summed E-state index contributed by atoms with van der Waals surface area (Å²) < 4.78 is 48.6. The molecule has 16 nitrogen and oxygen atoms in total. The Bertz CT molecular complexity index is 2810. The van der Waals surface area contributed by atoms with Gasteiger partial charge in [0.25, 0.3) is 15.9 Å². The summed E-state index contributed by atoms with van der Waals surface area (Å²) in [5, 5.41) is 15.6. The van der Waals surface area contributed by atoms with E-state index < -0.39 is 31.6 Å². The maximum Gasteiger partial charge on any atom is 0.317 e. The molecule has 5 aromatic rings. The Labute approximate surface area is 397 Å². The second-order valence-corrected chi connectivity index (χ2v) is 22.5. The Balaban J connectivity index is 0.847. The van der Waals surface area contributed by atoms with E-state index >= 15 is 0 Å². The number of morpholine rings is 1. The lowest BCUT2D eigenvalue weighted by molar-refractivity contribution is -0.386. The van der Waals surface area contributed by atoms with Gasteiger partial charge in [-0.3, -0.25) is 19.8 Å². The molecule has 3 aromatic heterocycles. The van der Waals surface area contributed by atoms with E-state index in [-0.39, 0.29) is 40.4 Å². The zero-order valence-electron chi connectivity index (χ0n) is 39.3. The molecule has 2 saturated heterocycles. The van der Waals surface area contributed by atoms with E-state index in [1.165, 1.54) is 17.3 Å². The predicted octanol–water partition coefficient (Wildman–Crippen LogP) is 9.50. The van der Waals surface area contributed by atoms with Gasteiger partial charge in [-0.05, 0) is 116 Å². The van der Waals surface area contributed by atoms with E-state index in [9.17, 15) is 23.3 Å². The quantitative estimate of drug-likeness (QED) is 0.0792. The van der Waals surface area contributed by atoms with Crippen LogP contribution in [0.2, 0.25) is 0 Å². The van der Waals surface area contributed by atoms with Crippen molar-refractivity contribution in [2.24, 2.45) is 16.7 Å². The molecule has 0 radical (unpaired) electrons. The monoisotopic (exact) mass is 946 g/mol. The molecule has 2 saturated carbocycles. The Hall–Kier alpha value is -5.78. The van der Waals surface area contributed by atoms with Crippen molar-refractivity contribution in [2.45, 2.75) is 115 Å². The van der Waals surface area contributed by atoms with Crippen LogP contribution in [0.4, 0.5) is 17.2 Å². The maximum absolute atomic E-state index is 14.1. The van der Waals surface area contributed by atoms with Gasteiger partial charge in [0.05, 0.1) is 48.6 Å². The summed E-state index contributed by atoms with van der Waals surface area (Å²) >= 11 is 0. The number of piperidine rings is 1. The van der Waals surface area contributed by atoms with Gasteiger partial charge in [-0.15, -0.1) is 0 Å². The van der Waals surface area contributed by atoms with Crippen LogP contribution in [-0.4, -0.2) is 90.6 Å². The van der Waals surface area contributed by atoms with E-state index in [1.54, 1.807) is 24.4 Å². The standard InChI is InChI=1S/C51H62N8O8S/c1-32(2)39-7-5-6-8-40(39)43-31-65-22-21-58(43)36-27-51(28-36)16-19-57(20-17-51)35-9-10-41(44(25-35)66-38-24-34-13-18-52-47(34)53-30-38)49(60)56-68(63,64)45-26-42(59(61)62)46-48(55-45)54-29-37(67-46)23-33-11-14-50(3,4)15-12-33/h5-10,13,18,24-26,30,32-33,36-37,43H,11-12,14-17,19-23,27-29,31H2,1-4H3,(H,52,53)(H,54,55)(H,56,60)/t37-,43+/m0/s1. The zero-order valence-corrected chi connectivity index (χ0v) is 40.1. The average molecular weight is 947 g/mol. The van der Waals surface area contributed by atoms with Crippen LogP contribution in [-0.2, 0) is 14.8 Å². The number of ether oxygens (including phenoxy) is 3. The third-order valence-electron chi connectivity index (χ3n) is 15.4. The molecular formula is C51H62N8O8S. The highest BCUT2D eigenvalue weighted by Crippen LogP contribution is 2.53. The van der Waals surface area contributed by atoms with Gasteiger partial charge < -0.3 is 29.4 Å². The van der Waals surface area contributed by atoms with E-state index in [0.717, 1.165) is 101 Å². The molecule has 6 heterocycles. The third-order valence-corrected chi connectivity index (χ3v) is 16.6. The number of fused-ring (bicyclic) bond motifs is 2. The predicted molar refractivity (Wildman–Crippen MR) is 259 cm³/mol. The van der Waals surface area contributed by atoms with Crippen molar-refractivity contribution in [3.05, 3.63) is 99.9 Å². The number of nitrogens with zero attached hydrogens (tertiary/aromatic N) is 5. The number of nitro groups is 1. The van der Waals surface area contributed by atoms with Crippen molar-refractivity contribution >= 4 is 44.2 Å². The molecule has 2 aliphatic carbocycles. The molecule has 0 bridgehead atoms. The molecular weight excluding hydrogens is 885 g/mol. The van der Waals surface area contributed by atoms with E-state index in [1.807, 2.05) is 12.1 Å². The van der Waals surface area contributed by atoms with Gasteiger partial charge in [0.15, 0.2) is 10.8 Å². The average Bonchev–Trinajstić information content (AvgIpc) is 3.79. The molecule has 3 aliphatic heterocycles. The van der Waals surface area contributed by atoms with Crippen molar-refractivity contribution in [3.8, 4) is 17.2 Å². The summed E-state index contributed by atoms with van der Waals surface area (Å²) in [7, 11) is -4.74. The first kappa shape index (κ1) is 46.0. The second-order valence-electron chi connectivity index (χ2n) is 20.8. The van der Waals surface area contributed by atoms with Crippen LogP contribution in [0, 0.1) is 26.9 Å². The van der Waals surface area contributed by atoms with Crippen LogP contribution in [0.25, 0.3) is 11.0 Å². The fraction of sp³-hybridized carbons (Fsp3) is 0.510. The van der Waals surface area contributed by atoms with Gasteiger partial charge >= 0.3 is 5.69 Å². The molecule has 10 rings (SSSR count). The Morgan fingerprint density at radius 1 is 1.03 bits per heavy atom. The number of pyridine rings is 2. The minimum absolute atomic E-state index is 0.0521. The maximum atomic E-state index is 14.1. The van der Waals surface area contributed by atoms with Gasteiger partial charge in [-0.25, -0.2) is 14.7 Å². The molecule has 1 amide bonds. The first-order chi connectivity index (χ1) is 32.6. The van der Waals surface area contributed by atoms with Crippen molar-refractivity contribution in [2.75, 3.05) is 49.6 Å². The lowest BCUT2D eigenvalue weighted by Crippen LogP contribution is -2.58. The van der Waals surface area contributed by atoms with Crippen LogP contribution < -0.4 is 24.4 Å². The van der Waals surface area contributed by atoms with Crippen LogP contribution in [0.15, 0.2) is 78.1 Å². The number of hydrogen-bond donors (Lipinski definition) is 3.